The first kappa shape index (κ1) is 24.1. The summed E-state index contributed by atoms with van der Waals surface area (Å²) >= 11 is -2.85. The summed E-state index contributed by atoms with van der Waals surface area (Å²) in [5.74, 6) is -1.73. The Kier molecular flexibility index (Phi) is 7.54. The molecule has 4 aromatic rings. The molecule has 0 bridgehead atoms. The maximum atomic E-state index is 12.5. The number of rotatable bonds is 9. The molecule has 0 aliphatic carbocycles. The van der Waals surface area contributed by atoms with E-state index in [1.54, 1.807) is 30.3 Å². The molecule has 1 amide bonds. The second-order valence-electron chi connectivity index (χ2n) is 7.96. The lowest BCUT2D eigenvalue weighted by Gasteiger charge is -2.32. The van der Waals surface area contributed by atoms with E-state index in [2.05, 4.69) is 5.32 Å². The van der Waals surface area contributed by atoms with Crippen molar-refractivity contribution in [3.63, 3.8) is 0 Å². The molecule has 0 spiro atoms. The van der Waals surface area contributed by atoms with Crippen molar-refractivity contribution in [1.82, 2.24) is 0 Å². The molecule has 2 N–H and O–H groups in total. The van der Waals surface area contributed by atoms with Crippen molar-refractivity contribution in [2.24, 2.45) is 0 Å². The third-order valence-corrected chi connectivity index (χ3v) is 6.42. The largest absolute Gasteiger partial charge is 0.755 e. The van der Waals surface area contributed by atoms with Gasteiger partial charge < -0.3 is 15.0 Å². The number of hydrogen-bond donors (Lipinski definition) is 2. The molecule has 2 unspecified atom stereocenters. The van der Waals surface area contributed by atoms with Crippen molar-refractivity contribution >= 4 is 45.3 Å². The van der Waals surface area contributed by atoms with E-state index >= 15 is 0 Å². The first-order valence-electron chi connectivity index (χ1n) is 11.0. The van der Waals surface area contributed by atoms with Gasteiger partial charge in [-0.2, -0.15) is 0 Å². The van der Waals surface area contributed by atoms with Gasteiger partial charge in [-0.1, -0.05) is 72.8 Å². The van der Waals surface area contributed by atoms with E-state index in [1.807, 2.05) is 66.7 Å². The predicted molar refractivity (Wildman–Crippen MR) is 137 cm³/mol. The number of nitrogens with zero attached hydrogens (tertiary/aromatic N) is 1. The Hall–Kier alpha value is -4.01. The van der Waals surface area contributed by atoms with Crippen molar-refractivity contribution in [1.29, 1.82) is 0 Å². The first-order chi connectivity index (χ1) is 16.9. The molecule has 0 aliphatic rings. The van der Waals surface area contributed by atoms with Crippen LogP contribution in [0.15, 0.2) is 97.1 Å². The highest BCUT2D eigenvalue weighted by Gasteiger charge is 2.28. The number of amides is 1. The minimum atomic E-state index is -2.85. The molecule has 35 heavy (non-hydrogen) atoms. The Morgan fingerprint density at radius 1 is 0.857 bits per heavy atom. The van der Waals surface area contributed by atoms with Crippen LogP contribution < -0.4 is 9.62 Å². The first-order valence-corrected chi connectivity index (χ1v) is 12.0. The zero-order chi connectivity index (χ0) is 24.8. The van der Waals surface area contributed by atoms with E-state index in [0.29, 0.717) is 5.69 Å². The minimum Gasteiger partial charge on any atom is -0.755 e. The van der Waals surface area contributed by atoms with Crippen LogP contribution >= 0.6 is 0 Å². The summed E-state index contributed by atoms with van der Waals surface area (Å²) in [6.07, 6.45) is -0.358. The summed E-state index contributed by atoms with van der Waals surface area (Å²) < 4.78 is 24.8. The van der Waals surface area contributed by atoms with Crippen LogP contribution in [0.4, 0.5) is 11.4 Å². The van der Waals surface area contributed by atoms with Gasteiger partial charge in [-0.15, -0.1) is 0 Å². The van der Waals surface area contributed by atoms with Gasteiger partial charge in [0, 0.05) is 29.1 Å². The van der Waals surface area contributed by atoms with Gasteiger partial charge in [0.1, 0.15) is 6.04 Å². The molecule has 8 heteroatoms. The van der Waals surface area contributed by atoms with E-state index in [1.165, 1.54) is 0 Å². The fraction of sp³-hybridized carbons (Fsp3) is 0.111. The molecule has 0 heterocycles. The Balaban J connectivity index is 1.46. The molecule has 2 atom stereocenters. The second kappa shape index (κ2) is 10.9. The molecule has 4 rings (SSSR count). The predicted octanol–water partition coefficient (Wildman–Crippen LogP) is 4.98. The zero-order valence-electron chi connectivity index (χ0n) is 18.7. The van der Waals surface area contributed by atoms with E-state index in [-0.39, 0.29) is 18.5 Å². The summed E-state index contributed by atoms with van der Waals surface area (Å²) in [4.78, 5) is 24.5. The van der Waals surface area contributed by atoms with Gasteiger partial charge >= 0.3 is 5.97 Å². The second-order valence-corrected chi connectivity index (χ2v) is 8.79. The van der Waals surface area contributed by atoms with Crippen LogP contribution in [0.2, 0.25) is 0 Å². The zero-order valence-corrected chi connectivity index (χ0v) is 19.5. The fourth-order valence-corrected chi connectivity index (χ4v) is 4.60. The van der Waals surface area contributed by atoms with Crippen LogP contribution in [0, 0.1) is 0 Å². The number of carboxylic acids is 1. The van der Waals surface area contributed by atoms with Crippen molar-refractivity contribution in [3.05, 3.63) is 97.1 Å². The molecule has 7 nitrogen and oxygen atoms in total. The number of carbonyl (C=O) groups is 2. The topological polar surface area (TPSA) is 110 Å². The van der Waals surface area contributed by atoms with Gasteiger partial charge in [-0.05, 0) is 52.6 Å². The van der Waals surface area contributed by atoms with E-state index in [4.69, 9.17) is 0 Å². The van der Waals surface area contributed by atoms with E-state index in [0.717, 1.165) is 26.2 Å². The molecule has 4 aromatic carbocycles. The van der Waals surface area contributed by atoms with Crippen LogP contribution in [0.1, 0.15) is 12.8 Å². The van der Waals surface area contributed by atoms with Gasteiger partial charge in [0.15, 0.2) is 0 Å². The molecule has 0 saturated carbocycles. The monoisotopic (exact) mass is 487 g/mol. The van der Waals surface area contributed by atoms with Crippen LogP contribution in [0.25, 0.3) is 21.9 Å². The Morgan fingerprint density at radius 3 is 2.14 bits per heavy atom. The van der Waals surface area contributed by atoms with Crippen LogP contribution in [0.5, 0.6) is 0 Å². The van der Waals surface area contributed by atoms with Crippen molar-refractivity contribution in [2.75, 3.05) is 9.62 Å². The summed E-state index contributed by atoms with van der Waals surface area (Å²) in [6, 6.07) is 27.9. The average molecular weight is 488 g/mol. The smallest absolute Gasteiger partial charge is 0.327 e. The van der Waals surface area contributed by atoms with Crippen LogP contribution in [-0.2, 0) is 20.9 Å². The Morgan fingerprint density at radius 2 is 1.49 bits per heavy atom. The fourth-order valence-electron chi connectivity index (χ4n) is 3.90. The molecule has 178 valence electrons. The average Bonchev–Trinajstić information content (AvgIpc) is 2.86. The summed E-state index contributed by atoms with van der Waals surface area (Å²) in [5, 5.41) is 14.5. The number of benzene rings is 4. The number of aliphatic carboxylic acids is 1. The van der Waals surface area contributed by atoms with Gasteiger partial charge in [0.2, 0.25) is 5.91 Å². The van der Waals surface area contributed by atoms with Crippen molar-refractivity contribution in [2.45, 2.75) is 18.9 Å². The number of nitrogens with one attached hydrogen (secondary N) is 1. The lowest BCUT2D eigenvalue weighted by molar-refractivity contribution is -0.138. The Bertz CT molecular complexity index is 1360. The number of anilines is 2. The number of fused-ring (bicyclic) bond motifs is 1. The van der Waals surface area contributed by atoms with Gasteiger partial charge in [0.25, 0.3) is 0 Å². The number of hydrogen-bond acceptors (Lipinski definition) is 4. The van der Waals surface area contributed by atoms with Gasteiger partial charge in [-0.25, -0.2) is 4.79 Å². The third kappa shape index (κ3) is 5.92. The SMILES string of the molecule is O=C(CCC(C(=O)O)N(c1ccc(-c2ccccc2)cc1)S(=O)[O-])Nc1ccc2ccccc2c1. The molecular weight excluding hydrogens is 464 g/mol. The molecule has 0 saturated heterocycles. The summed E-state index contributed by atoms with van der Waals surface area (Å²) in [6.45, 7) is 0. The van der Waals surface area contributed by atoms with E-state index in [9.17, 15) is 23.5 Å². The lowest BCUT2D eigenvalue weighted by Crippen LogP contribution is -2.43. The maximum Gasteiger partial charge on any atom is 0.327 e. The molecule has 0 fully saturated rings. The summed E-state index contributed by atoms with van der Waals surface area (Å²) in [7, 11) is 0. The standard InChI is InChI=1S/C27H24N2O5S/c30-26(28-23-13-10-20-8-4-5-9-22(20)18-23)17-16-25(27(31)32)29(35(33)34)24-14-11-21(12-15-24)19-6-2-1-3-7-19/h1-15,18,25H,16-17H2,(H,28,30)(H,31,32)(H,33,34)/p-1. The quantitative estimate of drug-likeness (QED) is 0.324. The molecular formula is C27H23N2O5S-. The van der Waals surface area contributed by atoms with Crippen molar-refractivity contribution < 1.29 is 23.5 Å². The maximum absolute atomic E-state index is 12.5. The van der Waals surface area contributed by atoms with Gasteiger partial charge in [-0.3, -0.25) is 13.3 Å². The number of carboxylic acid groups (broad SMARTS) is 1. The van der Waals surface area contributed by atoms with E-state index < -0.39 is 29.2 Å². The molecule has 0 aliphatic heterocycles. The lowest BCUT2D eigenvalue weighted by atomic mass is 10.0. The third-order valence-electron chi connectivity index (χ3n) is 5.64. The molecule has 0 aromatic heterocycles. The Labute approximate surface area is 205 Å². The normalized spacial score (nSPS) is 12.6. The van der Waals surface area contributed by atoms with Crippen LogP contribution in [-0.4, -0.2) is 31.8 Å². The van der Waals surface area contributed by atoms with Crippen LogP contribution in [0.3, 0.4) is 0 Å². The highest BCUT2D eigenvalue weighted by molar-refractivity contribution is 7.80. The summed E-state index contributed by atoms with van der Waals surface area (Å²) in [5.41, 5.74) is 2.61. The highest BCUT2D eigenvalue weighted by atomic mass is 32.2. The van der Waals surface area contributed by atoms with Gasteiger partial charge in [0.05, 0.1) is 0 Å². The highest BCUT2D eigenvalue weighted by Crippen LogP contribution is 2.26. The number of carbonyl (C=O) groups excluding carboxylic acids is 1. The van der Waals surface area contributed by atoms with Crippen molar-refractivity contribution in [3.8, 4) is 11.1 Å². The molecule has 0 radical (unpaired) electrons. The minimum absolute atomic E-state index is 0.167.